The third-order valence-electron chi connectivity index (χ3n) is 4.39. The number of nitrogens with one attached hydrogen (secondary N) is 1. The first-order valence-corrected chi connectivity index (χ1v) is 8.89. The van der Waals surface area contributed by atoms with Crippen molar-refractivity contribution in [3.8, 4) is 22.9 Å². The normalized spacial score (nSPS) is 10.7. The highest BCUT2D eigenvalue weighted by atomic mass is 35.5. The van der Waals surface area contributed by atoms with Crippen LogP contribution in [0.1, 0.15) is 17.0 Å². The van der Waals surface area contributed by atoms with E-state index in [1.807, 2.05) is 61.5 Å². The second-order valence-corrected chi connectivity index (χ2v) is 6.67. The number of fused-ring (bicyclic) bond motifs is 1. The van der Waals surface area contributed by atoms with Gasteiger partial charge in [0.25, 0.3) is 0 Å². The number of nitrogens with zero attached hydrogens (tertiary/aromatic N) is 2. The number of H-pyrrole nitrogens is 1. The zero-order valence-corrected chi connectivity index (χ0v) is 15.4. The van der Waals surface area contributed by atoms with Gasteiger partial charge in [0.1, 0.15) is 24.1 Å². The molecule has 132 valence electrons. The van der Waals surface area contributed by atoms with Crippen molar-refractivity contribution in [2.45, 2.75) is 13.5 Å². The molecule has 2 aromatic carbocycles. The Hall–Kier alpha value is -3.29. The monoisotopic (exact) mass is 373 g/mol. The predicted octanol–water partition coefficient (Wildman–Crippen LogP) is 5.64. The number of rotatable bonds is 4. The average molecular weight is 374 g/mol. The van der Waals surface area contributed by atoms with E-state index in [1.165, 1.54) is 0 Å². The van der Waals surface area contributed by atoms with Crippen LogP contribution in [0.5, 0.6) is 5.75 Å². The van der Waals surface area contributed by atoms with Crippen LogP contribution in [0.4, 0.5) is 0 Å². The van der Waals surface area contributed by atoms with Crippen molar-refractivity contribution >= 4 is 22.5 Å². The van der Waals surface area contributed by atoms with Gasteiger partial charge in [-0.2, -0.15) is 5.26 Å². The molecule has 0 aliphatic heterocycles. The number of aryl methyl sites for hydroxylation is 1. The lowest BCUT2D eigenvalue weighted by atomic mass is 10.0. The molecule has 0 saturated carbocycles. The summed E-state index contributed by atoms with van der Waals surface area (Å²) in [5.41, 5.74) is 4.96. The van der Waals surface area contributed by atoms with E-state index in [0.29, 0.717) is 17.3 Å². The van der Waals surface area contributed by atoms with E-state index in [9.17, 15) is 5.26 Å². The van der Waals surface area contributed by atoms with Crippen LogP contribution in [0, 0.1) is 18.3 Å². The molecular weight excluding hydrogens is 358 g/mol. The quantitative estimate of drug-likeness (QED) is 0.503. The van der Waals surface area contributed by atoms with Crippen LogP contribution in [0.15, 0.2) is 60.8 Å². The Morgan fingerprint density at radius 2 is 1.93 bits per heavy atom. The summed E-state index contributed by atoms with van der Waals surface area (Å²) in [6.45, 7) is 2.40. The van der Waals surface area contributed by atoms with Crippen LogP contribution in [0.25, 0.3) is 22.0 Å². The fourth-order valence-electron chi connectivity index (χ4n) is 3.09. The smallest absolute Gasteiger partial charge is 0.131 e. The van der Waals surface area contributed by atoms with Crippen LogP contribution >= 0.6 is 11.6 Å². The van der Waals surface area contributed by atoms with Crippen molar-refractivity contribution in [1.29, 1.82) is 5.26 Å². The van der Waals surface area contributed by atoms with Gasteiger partial charge in [0, 0.05) is 28.9 Å². The zero-order valence-electron chi connectivity index (χ0n) is 14.7. The maximum atomic E-state index is 9.20. The molecular formula is C22H16ClN3O. The van der Waals surface area contributed by atoms with Gasteiger partial charge >= 0.3 is 0 Å². The molecule has 1 N–H and O–H groups in total. The summed E-state index contributed by atoms with van der Waals surface area (Å²) in [6.07, 6.45) is 1.63. The van der Waals surface area contributed by atoms with Crippen LogP contribution in [-0.2, 0) is 6.61 Å². The second-order valence-electron chi connectivity index (χ2n) is 6.26. The van der Waals surface area contributed by atoms with Gasteiger partial charge < -0.3 is 9.72 Å². The van der Waals surface area contributed by atoms with Crippen molar-refractivity contribution in [3.05, 3.63) is 82.8 Å². The van der Waals surface area contributed by atoms with Crippen molar-refractivity contribution in [3.63, 3.8) is 0 Å². The Morgan fingerprint density at radius 3 is 2.70 bits per heavy atom. The van der Waals surface area contributed by atoms with Crippen LogP contribution in [-0.4, -0.2) is 9.97 Å². The third kappa shape index (κ3) is 3.38. The topological polar surface area (TPSA) is 61.7 Å². The van der Waals surface area contributed by atoms with Gasteiger partial charge in [-0.15, -0.1) is 0 Å². The van der Waals surface area contributed by atoms with E-state index in [0.717, 1.165) is 39.0 Å². The van der Waals surface area contributed by atoms with Crippen LogP contribution < -0.4 is 4.74 Å². The van der Waals surface area contributed by atoms with Gasteiger partial charge in [0.2, 0.25) is 0 Å². The molecule has 0 aliphatic rings. The summed E-state index contributed by atoms with van der Waals surface area (Å²) in [5, 5.41) is 10.7. The van der Waals surface area contributed by atoms with Crippen molar-refractivity contribution < 1.29 is 4.74 Å². The molecule has 0 aliphatic carbocycles. The van der Waals surface area contributed by atoms with E-state index < -0.39 is 0 Å². The van der Waals surface area contributed by atoms with Crippen LogP contribution in [0.2, 0.25) is 5.02 Å². The summed E-state index contributed by atoms with van der Waals surface area (Å²) in [4.78, 5) is 7.42. The van der Waals surface area contributed by atoms with Crippen LogP contribution in [0.3, 0.4) is 0 Å². The van der Waals surface area contributed by atoms with Gasteiger partial charge in [0.15, 0.2) is 0 Å². The number of hydrogen-bond acceptors (Lipinski definition) is 3. The number of halogens is 1. The van der Waals surface area contributed by atoms with Crippen molar-refractivity contribution in [2.75, 3.05) is 0 Å². The maximum Gasteiger partial charge on any atom is 0.131 e. The minimum atomic E-state index is 0.444. The molecule has 2 heterocycles. The molecule has 0 radical (unpaired) electrons. The summed E-state index contributed by atoms with van der Waals surface area (Å²) in [6, 6.07) is 19.9. The summed E-state index contributed by atoms with van der Waals surface area (Å²) in [7, 11) is 0. The number of para-hydroxylation sites is 1. The van der Waals surface area contributed by atoms with Gasteiger partial charge in [-0.05, 0) is 30.2 Å². The molecule has 2 aromatic heterocycles. The first-order valence-electron chi connectivity index (χ1n) is 8.51. The number of benzene rings is 2. The van der Waals surface area contributed by atoms with Crippen molar-refractivity contribution in [2.24, 2.45) is 0 Å². The van der Waals surface area contributed by atoms with E-state index in [4.69, 9.17) is 16.3 Å². The van der Waals surface area contributed by atoms with Gasteiger partial charge in [-0.25, -0.2) is 0 Å². The van der Waals surface area contributed by atoms with Gasteiger partial charge in [-0.3, -0.25) is 4.98 Å². The Kier molecular flexibility index (Phi) is 4.53. The lowest BCUT2D eigenvalue weighted by molar-refractivity contribution is 0.309. The molecule has 4 nitrogen and oxygen atoms in total. The number of ether oxygens (including phenoxy) is 1. The largest absolute Gasteiger partial charge is 0.488 e. The lowest BCUT2D eigenvalue weighted by Crippen LogP contribution is -1.97. The predicted molar refractivity (Wildman–Crippen MR) is 107 cm³/mol. The zero-order chi connectivity index (χ0) is 18.8. The molecule has 27 heavy (non-hydrogen) atoms. The highest BCUT2D eigenvalue weighted by molar-refractivity contribution is 6.33. The number of aromatic nitrogens is 2. The SMILES string of the molecule is Cc1cc(OCc2ccc(-c3c(Cl)c[nH]c3C#N)cc2)c2ccccc2n1. The number of pyridine rings is 1. The molecule has 0 bridgehead atoms. The van der Waals surface area contributed by atoms with E-state index in [-0.39, 0.29) is 0 Å². The maximum absolute atomic E-state index is 9.20. The first-order chi connectivity index (χ1) is 13.2. The molecule has 4 rings (SSSR count). The summed E-state index contributed by atoms with van der Waals surface area (Å²) >= 11 is 6.20. The highest BCUT2D eigenvalue weighted by Gasteiger charge is 2.12. The minimum Gasteiger partial charge on any atom is -0.488 e. The Balaban J connectivity index is 1.57. The Labute approximate surface area is 162 Å². The highest BCUT2D eigenvalue weighted by Crippen LogP contribution is 2.31. The molecule has 0 amide bonds. The second kappa shape index (κ2) is 7.14. The first kappa shape index (κ1) is 17.1. The fraction of sp³-hybridized carbons (Fsp3) is 0.0909. The third-order valence-corrected chi connectivity index (χ3v) is 4.69. The number of nitriles is 1. The molecule has 5 heteroatoms. The molecule has 0 spiro atoms. The standard InChI is InChI=1S/C22H16ClN3O/c1-14-10-21(17-4-2-3-5-19(17)26-14)27-13-15-6-8-16(9-7-15)22-18(23)12-25-20(22)11-24/h2-10,12,25H,13H2,1H3. The van der Waals surface area contributed by atoms with Gasteiger partial charge in [0.05, 0.1) is 10.5 Å². The average Bonchev–Trinajstić information content (AvgIpc) is 3.07. The summed E-state index contributed by atoms with van der Waals surface area (Å²) < 4.78 is 6.06. The molecule has 0 fully saturated rings. The van der Waals surface area contributed by atoms with E-state index in [1.54, 1.807) is 6.20 Å². The Bertz CT molecular complexity index is 1160. The van der Waals surface area contributed by atoms with Gasteiger partial charge in [-0.1, -0.05) is 48.0 Å². The van der Waals surface area contributed by atoms with E-state index in [2.05, 4.69) is 16.0 Å². The summed E-state index contributed by atoms with van der Waals surface area (Å²) in [5.74, 6) is 0.822. The van der Waals surface area contributed by atoms with E-state index >= 15 is 0 Å². The molecule has 4 aromatic rings. The Morgan fingerprint density at radius 1 is 1.15 bits per heavy atom. The number of aromatic amines is 1. The van der Waals surface area contributed by atoms with Crippen molar-refractivity contribution in [1.82, 2.24) is 9.97 Å². The minimum absolute atomic E-state index is 0.444. The lowest BCUT2D eigenvalue weighted by Gasteiger charge is -2.11. The molecule has 0 unspecified atom stereocenters. The fourth-order valence-corrected chi connectivity index (χ4v) is 3.35. The molecule has 0 atom stereocenters. The number of hydrogen-bond donors (Lipinski definition) is 1. The molecule has 0 saturated heterocycles.